The first-order valence-corrected chi connectivity index (χ1v) is 10.5. The van der Waals surface area contributed by atoms with Crippen molar-refractivity contribution in [1.29, 1.82) is 0 Å². The number of rotatable bonds is 6. The molecule has 0 saturated carbocycles. The van der Waals surface area contributed by atoms with Gasteiger partial charge in [0.25, 0.3) is 5.89 Å². The van der Waals surface area contributed by atoms with Gasteiger partial charge in [-0.3, -0.25) is 9.78 Å². The van der Waals surface area contributed by atoms with Gasteiger partial charge >= 0.3 is 0 Å². The van der Waals surface area contributed by atoms with Crippen LogP contribution in [0.5, 0.6) is 5.75 Å². The van der Waals surface area contributed by atoms with E-state index in [1.54, 1.807) is 12.4 Å². The highest BCUT2D eigenvalue weighted by atomic mass is 16.5. The van der Waals surface area contributed by atoms with E-state index in [2.05, 4.69) is 15.1 Å². The van der Waals surface area contributed by atoms with Crippen molar-refractivity contribution in [2.24, 2.45) is 0 Å². The van der Waals surface area contributed by atoms with Crippen molar-refractivity contribution in [2.45, 2.75) is 18.9 Å². The summed E-state index contributed by atoms with van der Waals surface area (Å²) in [6, 6.07) is 21.1. The van der Waals surface area contributed by atoms with Crippen molar-refractivity contribution in [3.63, 3.8) is 0 Å². The van der Waals surface area contributed by atoms with Crippen molar-refractivity contribution in [1.82, 2.24) is 20.0 Å². The molecule has 7 heteroatoms. The standard InChI is InChI=1S/C25H22N4O3/c1-17(18-5-3-2-4-6-18)25(30)29-15-22(16-29)31-21-9-7-19(8-10-21)23-27-24(32-28-23)20-11-13-26-14-12-20/h2-14,17,22H,15-16H2,1H3. The molecule has 4 aromatic rings. The molecule has 160 valence electrons. The first kappa shape index (κ1) is 19.9. The highest BCUT2D eigenvalue weighted by molar-refractivity contribution is 5.84. The van der Waals surface area contributed by atoms with E-state index in [-0.39, 0.29) is 17.9 Å². The summed E-state index contributed by atoms with van der Waals surface area (Å²) in [6.45, 7) is 3.14. The van der Waals surface area contributed by atoms with E-state index in [0.29, 0.717) is 24.8 Å². The fourth-order valence-electron chi connectivity index (χ4n) is 3.68. The molecule has 1 aliphatic heterocycles. The molecule has 5 rings (SSSR count). The Morgan fingerprint density at radius 2 is 1.72 bits per heavy atom. The smallest absolute Gasteiger partial charge is 0.258 e. The van der Waals surface area contributed by atoms with Gasteiger partial charge in [-0.1, -0.05) is 35.5 Å². The van der Waals surface area contributed by atoms with Gasteiger partial charge in [0.1, 0.15) is 11.9 Å². The normalized spacial score (nSPS) is 14.6. The van der Waals surface area contributed by atoms with Crippen LogP contribution in [0.15, 0.2) is 83.6 Å². The summed E-state index contributed by atoms with van der Waals surface area (Å²) in [5.41, 5.74) is 2.69. The van der Waals surface area contributed by atoms with Crippen molar-refractivity contribution in [2.75, 3.05) is 13.1 Å². The second-order valence-electron chi connectivity index (χ2n) is 7.80. The Bertz CT molecular complexity index is 1190. The minimum absolute atomic E-state index is 0.00348. The molecule has 0 radical (unpaired) electrons. The lowest BCUT2D eigenvalue weighted by molar-refractivity contribution is -0.141. The number of carbonyl (C=O) groups is 1. The van der Waals surface area contributed by atoms with Gasteiger partial charge in [-0.25, -0.2) is 0 Å². The van der Waals surface area contributed by atoms with Crippen molar-refractivity contribution >= 4 is 5.91 Å². The number of pyridine rings is 1. The van der Waals surface area contributed by atoms with E-state index in [9.17, 15) is 4.79 Å². The lowest BCUT2D eigenvalue weighted by Crippen LogP contribution is -2.57. The Labute approximate surface area is 185 Å². The monoisotopic (exact) mass is 426 g/mol. The second kappa shape index (κ2) is 8.63. The number of hydrogen-bond donors (Lipinski definition) is 0. The number of amides is 1. The fraction of sp³-hybridized carbons (Fsp3) is 0.200. The van der Waals surface area contributed by atoms with E-state index in [4.69, 9.17) is 9.26 Å². The van der Waals surface area contributed by atoms with Gasteiger partial charge in [-0.05, 0) is 48.9 Å². The van der Waals surface area contributed by atoms with Crippen LogP contribution in [0, 0.1) is 0 Å². The van der Waals surface area contributed by atoms with E-state index in [1.165, 1.54) is 0 Å². The van der Waals surface area contributed by atoms with Crippen LogP contribution in [0.3, 0.4) is 0 Å². The summed E-state index contributed by atoms with van der Waals surface area (Å²) >= 11 is 0. The molecule has 0 spiro atoms. The van der Waals surface area contributed by atoms with Gasteiger partial charge in [-0.2, -0.15) is 4.98 Å². The maximum Gasteiger partial charge on any atom is 0.258 e. The molecule has 32 heavy (non-hydrogen) atoms. The highest BCUT2D eigenvalue weighted by Gasteiger charge is 2.34. The summed E-state index contributed by atoms with van der Waals surface area (Å²) in [6.07, 6.45) is 3.36. The van der Waals surface area contributed by atoms with Crippen LogP contribution in [0.2, 0.25) is 0 Å². The summed E-state index contributed by atoms with van der Waals surface area (Å²) in [5, 5.41) is 4.06. The van der Waals surface area contributed by atoms with E-state index in [0.717, 1.165) is 22.4 Å². The Hall–Kier alpha value is -4.00. The molecule has 1 amide bonds. The SMILES string of the molecule is CC(C(=O)N1CC(Oc2ccc(-c3noc(-c4ccncc4)n3)cc2)C1)c1ccccc1. The molecule has 7 nitrogen and oxygen atoms in total. The Morgan fingerprint density at radius 3 is 2.44 bits per heavy atom. The quantitative estimate of drug-likeness (QED) is 0.460. The predicted octanol–water partition coefficient (Wildman–Crippen LogP) is 4.19. The maximum atomic E-state index is 12.7. The summed E-state index contributed by atoms with van der Waals surface area (Å²) in [5.74, 6) is 1.70. The van der Waals surface area contributed by atoms with Gasteiger partial charge in [-0.15, -0.1) is 0 Å². The van der Waals surface area contributed by atoms with Crippen LogP contribution in [0.1, 0.15) is 18.4 Å². The van der Waals surface area contributed by atoms with Crippen molar-refractivity contribution < 1.29 is 14.1 Å². The molecule has 3 heterocycles. The zero-order chi connectivity index (χ0) is 21.9. The first-order valence-electron chi connectivity index (χ1n) is 10.5. The maximum absolute atomic E-state index is 12.7. The van der Waals surface area contributed by atoms with Crippen LogP contribution in [0.4, 0.5) is 0 Å². The van der Waals surface area contributed by atoms with E-state index < -0.39 is 0 Å². The van der Waals surface area contributed by atoms with Crippen molar-refractivity contribution in [3.8, 4) is 28.6 Å². The lowest BCUT2D eigenvalue weighted by Gasteiger charge is -2.40. The molecule has 0 aliphatic carbocycles. The van der Waals surface area contributed by atoms with Gasteiger partial charge in [0.05, 0.1) is 19.0 Å². The summed E-state index contributed by atoms with van der Waals surface area (Å²) in [4.78, 5) is 23.0. The number of aromatic nitrogens is 3. The third kappa shape index (κ3) is 4.09. The van der Waals surface area contributed by atoms with E-state index >= 15 is 0 Å². The van der Waals surface area contributed by atoms with Crippen LogP contribution < -0.4 is 4.74 Å². The third-order valence-corrected chi connectivity index (χ3v) is 5.60. The molecule has 2 aromatic heterocycles. The predicted molar refractivity (Wildman–Crippen MR) is 119 cm³/mol. The molecule has 2 aromatic carbocycles. The molecule has 0 N–H and O–H groups in total. The molecule has 1 fully saturated rings. The van der Waals surface area contributed by atoms with Crippen LogP contribution >= 0.6 is 0 Å². The number of likely N-dealkylation sites (tertiary alicyclic amines) is 1. The van der Waals surface area contributed by atoms with Gasteiger partial charge in [0.15, 0.2) is 0 Å². The zero-order valence-corrected chi connectivity index (χ0v) is 17.6. The third-order valence-electron chi connectivity index (χ3n) is 5.60. The van der Waals surface area contributed by atoms with E-state index in [1.807, 2.05) is 78.6 Å². The molecule has 1 aliphatic rings. The summed E-state index contributed by atoms with van der Waals surface area (Å²) < 4.78 is 11.4. The molecule has 0 bridgehead atoms. The fourth-order valence-corrected chi connectivity index (χ4v) is 3.68. The Balaban J connectivity index is 1.16. The van der Waals surface area contributed by atoms with Crippen LogP contribution in [0.25, 0.3) is 22.8 Å². The molecule has 1 unspecified atom stereocenters. The first-order chi connectivity index (χ1) is 15.7. The minimum atomic E-state index is -0.150. The number of nitrogens with zero attached hydrogens (tertiary/aromatic N) is 4. The lowest BCUT2D eigenvalue weighted by atomic mass is 9.98. The molecular weight excluding hydrogens is 404 g/mol. The summed E-state index contributed by atoms with van der Waals surface area (Å²) in [7, 11) is 0. The number of ether oxygens (including phenoxy) is 1. The topological polar surface area (TPSA) is 81.4 Å². The average Bonchev–Trinajstić information content (AvgIpc) is 3.32. The largest absolute Gasteiger partial charge is 0.487 e. The van der Waals surface area contributed by atoms with Crippen LogP contribution in [-0.4, -0.2) is 45.1 Å². The Kier molecular flexibility index (Phi) is 5.37. The molecule has 1 atom stereocenters. The van der Waals surface area contributed by atoms with Crippen molar-refractivity contribution in [3.05, 3.63) is 84.7 Å². The van der Waals surface area contributed by atoms with Gasteiger partial charge in [0.2, 0.25) is 11.7 Å². The van der Waals surface area contributed by atoms with Gasteiger partial charge < -0.3 is 14.2 Å². The van der Waals surface area contributed by atoms with Gasteiger partial charge in [0, 0.05) is 23.5 Å². The molecular formula is C25H22N4O3. The number of benzene rings is 2. The number of hydrogen-bond acceptors (Lipinski definition) is 6. The highest BCUT2D eigenvalue weighted by Crippen LogP contribution is 2.26. The average molecular weight is 426 g/mol. The Morgan fingerprint density at radius 1 is 1.00 bits per heavy atom. The second-order valence-corrected chi connectivity index (χ2v) is 7.80. The minimum Gasteiger partial charge on any atom is -0.487 e. The van der Waals surface area contributed by atoms with Crippen LogP contribution in [-0.2, 0) is 4.79 Å². The molecule has 1 saturated heterocycles. The zero-order valence-electron chi connectivity index (χ0n) is 17.6. The number of carbonyl (C=O) groups excluding carboxylic acids is 1.